The molecular weight excluding hydrogens is 366 g/mol. The van der Waals surface area contributed by atoms with Gasteiger partial charge in [-0.2, -0.15) is 0 Å². The summed E-state index contributed by atoms with van der Waals surface area (Å²) in [4.78, 5) is 0. The fraction of sp³-hybridized carbons (Fsp3) is 0.125. The predicted octanol–water partition coefficient (Wildman–Crippen LogP) is 3.74. The standard InChI is InChI=1S/C8H6Br3NO/c9-6-3-1-5(2-4-6)7(12-13)8(10)11/h1-4,8,13H/b12-7+. The summed E-state index contributed by atoms with van der Waals surface area (Å²) >= 11 is 9.87. The molecule has 2 nitrogen and oxygen atoms in total. The van der Waals surface area contributed by atoms with Gasteiger partial charge in [0.25, 0.3) is 0 Å². The molecular formula is C8H6Br3NO. The molecule has 0 aliphatic heterocycles. The van der Waals surface area contributed by atoms with Crippen molar-refractivity contribution in [3.8, 4) is 0 Å². The van der Waals surface area contributed by atoms with Gasteiger partial charge in [-0.15, -0.1) is 0 Å². The zero-order chi connectivity index (χ0) is 9.84. The molecule has 0 saturated heterocycles. The van der Waals surface area contributed by atoms with E-state index in [0.29, 0.717) is 5.71 Å². The molecule has 0 aliphatic rings. The smallest absolute Gasteiger partial charge is 0.116 e. The van der Waals surface area contributed by atoms with Gasteiger partial charge in [0.1, 0.15) is 9.45 Å². The summed E-state index contributed by atoms with van der Waals surface area (Å²) in [7, 11) is 0. The van der Waals surface area contributed by atoms with Crippen LogP contribution in [0.1, 0.15) is 5.56 Å². The predicted molar refractivity (Wildman–Crippen MR) is 64.1 cm³/mol. The molecule has 0 radical (unpaired) electrons. The first-order chi connectivity index (χ1) is 6.15. The number of benzene rings is 1. The van der Waals surface area contributed by atoms with Crippen molar-refractivity contribution in [2.45, 2.75) is 3.74 Å². The van der Waals surface area contributed by atoms with Crippen LogP contribution < -0.4 is 0 Å². The lowest BCUT2D eigenvalue weighted by Crippen LogP contribution is -2.08. The zero-order valence-corrected chi connectivity index (χ0v) is 11.2. The zero-order valence-electron chi connectivity index (χ0n) is 6.42. The summed E-state index contributed by atoms with van der Waals surface area (Å²) in [6, 6.07) is 7.52. The van der Waals surface area contributed by atoms with E-state index in [2.05, 4.69) is 52.9 Å². The van der Waals surface area contributed by atoms with Crippen LogP contribution >= 0.6 is 47.8 Å². The molecule has 1 rings (SSSR count). The third kappa shape index (κ3) is 3.07. The van der Waals surface area contributed by atoms with E-state index >= 15 is 0 Å². The highest BCUT2D eigenvalue weighted by atomic mass is 79.9. The average molecular weight is 372 g/mol. The molecule has 0 unspecified atom stereocenters. The summed E-state index contributed by atoms with van der Waals surface area (Å²) in [5.41, 5.74) is 1.41. The van der Waals surface area contributed by atoms with Crippen LogP contribution in [0.3, 0.4) is 0 Å². The maximum Gasteiger partial charge on any atom is 0.116 e. The lowest BCUT2D eigenvalue weighted by Gasteiger charge is -2.04. The van der Waals surface area contributed by atoms with Crippen molar-refractivity contribution in [2.75, 3.05) is 0 Å². The first-order valence-corrected chi connectivity index (χ1v) is 6.03. The largest absolute Gasteiger partial charge is 0.411 e. The Balaban J connectivity index is 3.00. The molecule has 70 valence electrons. The molecule has 0 amide bonds. The molecule has 0 atom stereocenters. The minimum Gasteiger partial charge on any atom is -0.411 e. The maximum atomic E-state index is 8.74. The van der Waals surface area contributed by atoms with Gasteiger partial charge in [-0.1, -0.05) is 65.1 Å². The third-order valence-corrected chi connectivity index (χ3v) is 2.85. The Labute approximate surface area is 101 Å². The summed E-state index contributed by atoms with van der Waals surface area (Å²) in [6.07, 6.45) is 0. The highest BCUT2D eigenvalue weighted by molar-refractivity contribution is 9.25. The minimum absolute atomic E-state index is 0.147. The molecule has 0 aliphatic carbocycles. The van der Waals surface area contributed by atoms with Gasteiger partial charge >= 0.3 is 0 Å². The molecule has 13 heavy (non-hydrogen) atoms. The lowest BCUT2D eigenvalue weighted by molar-refractivity contribution is 0.319. The van der Waals surface area contributed by atoms with Crippen molar-refractivity contribution in [3.63, 3.8) is 0 Å². The number of nitrogens with zero attached hydrogens (tertiary/aromatic N) is 1. The fourth-order valence-corrected chi connectivity index (χ4v) is 1.82. The van der Waals surface area contributed by atoms with E-state index in [1.54, 1.807) is 0 Å². The van der Waals surface area contributed by atoms with Gasteiger partial charge in [0.05, 0.1) is 0 Å². The SMILES string of the molecule is O/N=C(\c1ccc(Br)cc1)C(Br)Br. The first kappa shape index (κ1) is 11.2. The Bertz CT molecular complexity index is 308. The highest BCUT2D eigenvalue weighted by Crippen LogP contribution is 2.18. The molecule has 0 heterocycles. The van der Waals surface area contributed by atoms with Crippen LogP contribution in [0.4, 0.5) is 0 Å². The second-order valence-corrected chi connectivity index (χ2v) is 6.27. The van der Waals surface area contributed by atoms with Crippen LogP contribution in [0.2, 0.25) is 0 Å². The average Bonchev–Trinajstić information content (AvgIpc) is 2.09. The Morgan fingerprint density at radius 3 is 2.15 bits per heavy atom. The summed E-state index contributed by atoms with van der Waals surface area (Å²) in [5.74, 6) is 0. The van der Waals surface area contributed by atoms with Gasteiger partial charge < -0.3 is 5.21 Å². The number of rotatable bonds is 2. The van der Waals surface area contributed by atoms with Crippen molar-refractivity contribution in [1.82, 2.24) is 0 Å². The van der Waals surface area contributed by atoms with Gasteiger partial charge in [-0.25, -0.2) is 0 Å². The number of halogens is 3. The molecule has 1 aromatic carbocycles. The molecule has 0 fully saturated rings. The van der Waals surface area contributed by atoms with E-state index in [1.165, 1.54) is 0 Å². The Morgan fingerprint density at radius 2 is 1.77 bits per heavy atom. The van der Waals surface area contributed by atoms with Gasteiger partial charge in [0, 0.05) is 10.0 Å². The topological polar surface area (TPSA) is 32.6 Å². The van der Waals surface area contributed by atoms with Gasteiger partial charge in [-0.05, 0) is 12.1 Å². The van der Waals surface area contributed by atoms with Gasteiger partial charge in [0.2, 0.25) is 0 Å². The Kier molecular flexibility index (Phi) is 4.41. The summed E-state index contributed by atoms with van der Waals surface area (Å²) in [6.45, 7) is 0. The number of hydrogen-bond acceptors (Lipinski definition) is 2. The molecule has 5 heteroatoms. The Morgan fingerprint density at radius 1 is 1.23 bits per heavy atom. The van der Waals surface area contributed by atoms with Crippen molar-refractivity contribution in [3.05, 3.63) is 34.3 Å². The molecule has 0 aromatic heterocycles. The van der Waals surface area contributed by atoms with E-state index in [9.17, 15) is 0 Å². The van der Waals surface area contributed by atoms with E-state index < -0.39 is 0 Å². The van der Waals surface area contributed by atoms with Crippen LogP contribution in [-0.2, 0) is 0 Å². The quantitative estimate of drug-likeness (QED) is 0.365. The van der Waals surface area contributed by atoms with Crippen LogP contribution in [0, 0.1) is 0 Å². The molecule has 0 saturated carbocycles. The van der Waals surface area contributed by atoms with Crippen LogP contribution in [0.25, 0.3) is 0 Å². The number of alkyl halides is 2. The van der Waals surface area contributed by atoms with Crippen molar-refractivity contribution in [1.29, 1.82) is 0 Å². The minimum atomic E-state index is -0.147. The van der Waals surface area contributed by atoms with Gasteiger partial charge in [-0.3, -0.25) is 0 Å². The first-order valence-electron chi connectivity index (χ1n) is 3.41. The molecule has 0 spiro atoms. The second-order valence-electron chi connectivity index (χ2n) is 2.29. The van der Waals surface area contributed by atoms with Crippen LogP contribution in [-0.4, -0.2) is 14.7 Å². The highest BCUT2D eigenvalue weighted by Gasteiger charge is 2.11. The van der Waals surface area contributed by atoms with Crippen LogP contribution in [0.5, 0.6) is 0 Å². The van der Waals surface area contributed by atoms with E-state index in [4.69, 9.17) is 5.21 Å². The normalized spacial score (nSPS) is 12.2. The molecule has 1 aromatic rings. The molecule has 0 bridgehead atoms. The lowest BCUT2D eigenvalue weighted by atomic mass is 10.1. The van der Waals surface area contributed by atoms with E-state index in [0.717, 1.165) is 10.0 Å². The summed E-state index contributed by atoms with van der Waals surface area (Å²) < 4.78 is 0.848. The fourth-order valence-electron chi connectivity index (χ4n) is 0.848. The van der Waals surface area contributed by atoms with Crippen LogP contribution in [0.15, 0.2) is 33.9 Å². The van der Waals surface area contributed by atoms with Crippen molar-refractivity contribution < 1.29 is 5.21 Å². The van der Waals surface area contributed by atoms with Crippen molar-refractivity contribution >= 4 is 53.5 Å². The van der Waals surface area contributed by atoms with E-state index in [1.807, 2.05) is 24.3 Å². The summed E-state index contributed by atoms with van der Waals surface area (Å²) in [5, 5.41) is 11.9. The Hall–Kier alpha value is 0.130. The number of hydrogen-bond donors (Lipinski definition) is 1. The monoisotopic (exact) mass is 369 g/mol. The third-order valence-electron chi connectivity index (χ3n) is 1.45. The van der Waals surface area contributed by atoms with Gasteiger partial charge in [0.15, 0.2) is 0 Å². The second kappa shape index (κ2) is 5.12. The maximum absolute atomic E-state index is 8.74. The van der Waals surface area contributed by atoms with E-state index in [-0.39, 0.29) is 3.74 Å². The molecule has 1 N–H and O–H groups in total. The number of oxime groups is 1. The van der Waals surface area contributed by atoms with Crippen molar-refractivity contribution in [2.24, 2.45) is 5.16 Å².